The van der Waals surface area contributed by atoms with Crippen LogP contribution in [0.5, 0.6) is 0 Å². The molecule has 1 aliphatic heterocycles. The van der Waals surface area contributed by atoms with Crippen molar-refractivity contribution in [1.29, 1.82) is 0 Å². The van der Waals surface area contributed by atoms with Crippen LogP contribution in [0.3, 0.4) is 0 Å². The van der Waals surface area contributed by atoms with Gasteiger partial charge in [-0.2, -0.15) is 0 Å². The summed E-state index contributed by atoms with van der Waals surface area (Å²) in [6.45, 7) is 0.698. The van der Waals surface area contributed by atoms with Crippen molar-refractivity contribution in [3.8, 4) is 0 Å². The van der Waals surface area contributed by atoms with Gasteiger partial charge in [-0.3, -0.25) is 9.59 Å². The Hall–Kier alpha value is -3.11. The van der Waals surface area contributed by atoms with Gasteiger partial charge in [0, 0.05) is 77.0 Å². The van der Waals surface area contributed by atoms with Crippen LogP contribution in [0.25, 0.3) is 10.9 Å². The second-order valence-electron chi connectivity index (χ2n) is 9.62. The number of allylic oxidation sites excluding steroid dienone is 4. The normalized spacial score (nSPS) is 19.2. The molecule has 0 saturated heterocycles. The van der Waals surface area contributed by atoms with Crippen LogP contribution in [0.4, 0.5) is 0 Å². The molecule has 0 bridgehead atoms. The highest BCUT2D eigenvalue weighted by molar-refractivity contribution is 6.30. The summed E-state index contributed by atoms with van der Waals surface area (Å²) < 4.78 is 2.24. The highest BCUT2D eigenvalue weighted by Crippen LogP contribution is 2.50. The van der Waals surface area contributed by atoms with Gasteiger partial charge in [0.05, 0.1) is 0 Å². The van der Waals surface area contributed by atoms with Crippen LogP contribution >= 0.6 is 11.6 Å². The Bertz CT molecular complexity index is 1350. The highest BCUT2D eigenvalue weighted by Gasteiger charge is 2.43. The molecule has 0 spiro atoms. The summed E-state index contributed by atoms with van der Waals surface area (Å²) in [6, 6.07) is 16.3. The number of para-hydroxylation sites is 1. The van der Waals surface area contributed by atoms with Crippen molar-refractivity contribution in [1.82, 2.24) is 9.47 Å². The van der Waals surface area contributed by atoms with E-state index in [2.05, 4.69) is 27.8 Å². The Labute approximate surface area is 204 Å². The third-order valence-corrected chi connectivity index (χ3v) is 7.89. The summed E-state index contributed by atoms with van der Waals surface area (Å²) in [4.78, 5) is 28.9. The summed E-state index contributed by atoms with van der Waals surface area (Å²) in [5.41, 5.74) is 7.26. The van der Waals surface area contributed by atoms with Gasteiger partial charge in [-0.25, -0.2) is 0 Å². The number of rotatable bonds is 3. The highest BCUT2D eigenvalue weighted by atomic mass is 35.5. The standard InChI is InChI=1S/C29H27ClN2O2/c1-31-23-8-4-10-25(33)28(23)27(29-24(31)9-5-11-26(29)34)21-17-32(22-7-3-2-6-20(21)22)16-18-12-14-19(30)15-13-18/h2-3,6-7,12-15,17,27H,4-5,8-11,16H2,1H3. The Morgan fingerprint density at radius 2 is 1.47 bits per heavy atom. The van der Waals surface area contributed by atoms with Gasteiger partial charge in [0.15, 0.2) is 11.6 Å². The van der Waals surface area contributed by atoms with E-state index in [4.69, 9.17) is 11.6 Å². The Balaban J connectivity index is 1.56. The zero-order valence-electron chi connectivity index (χ0n) is 19.3. The lowest BCUT2D eigenvalue weighted by molar-refractivity contribution is -0.117. The topological polar surface area (TPSA) is 42.3 Å². The lowest BCUT2D eigenvalue weighted by atomic mass is 9.71. The van der Waals surface area contributed by atoms with Crippen LogP contribution in [0, 0.1) is 0 Å². The number of ketones is 2. The molecule has 3 aromatic rings. The maximum absolute atomic E-state index is 13.4. The number of fused-ring (bicyclic) bond motifs is 1. The number of carbonyl (C=O) groups excluding carboxylic acids is 2. The second kappa shape index (κ2) is 8.28. The second-order valence-corrected chi connectivity index (χ2v) is 10.1. The zero-order valence-corrected chi connectivity index (χ0v) is 20.1. The van der Waals surface area contributed by atoms with E-state index in [1.807, 2.05) is 43.4 Å². The van der Waals surface area contributed by atoms with Crippen molar-refractivity contribution in [2.75, 3.05) is 7.05 Å². The van der Waals surface area contributed by atoms with Gasteiger partial charge >= 0.3 is 0 Å². The van der Waals surface area contributed by atoms with E-state index < -0.39 is 0 Å². The van der Waals surface area contributed by atoms with E-state index >= 15 is 0 Å². The van der Waals surface area contributed by atoms with Crippen LogP contribution in [-0.4, -0.2) is 28.1 Å². The number of nitrogens with zero attached hydrogens (tertiary/aromatic N) is 2. The fraction of sp³-hybridized carbons (Fsp3) is 0.310. The molecular weight excluding hydrogens is 444 g/mol. The molecule has 0 unspecified atom stereocenters. The molecule has 34 heavy (non-hydrogen) atoms. The number of halogens is 1. The molecule has 2 aromatic carbocycles. The summed E-state index contributed by atoms with van der Waals surface area (Å²) in [5, 5.41) is 1.83. The lowest BCUT2D eigenvalue weighted by Crippen LogP contribution is -2.37. The van der Waals surface area contributed by atoms with E-state index in [-0.39, 0.29) is 17.5 Å². The molecule has 0 saturated carbocycles. The first-order chi connectivity index (χ1) is 16.5. The third kappa shape index (κ3) is 3.35. The maximum Gasteiger partial charge on any atom is 0.161 e. The van der Waals surface area contributed by atoms with Gasteiger partial charge in [0.25, 0.3) is 0 Å². The van der Waals surface area contributed by atoms with Gasteiger partial charge in [0.2, 0.25) is 0 Å². The van der Waals surface area contributed by atoms with Crippen molar-refractivity contribution in [3.63, 3.8) is 0 Å². The summed E-state index contributed by atoms with van der Waals surface area (Å²) in [7, 11) is 2.04. The predicted octanol–water partition coefficient (Wildman–Crippen LogP) is 6.39. The molecular formula is C29H27ClN2O2. The van der Waals surface area contributed by atoms with Crippen molar-refractivity contribution in [2.24, 2.45) is 0 Å². The van der Waals surface area contributed by atoms with E-state index in [1.54, 1.807) is 0 Å². The number of aromatic nitrogens is 1. The fourth-order valence-electron chi connectivity index (χ4n) is 6.09. The average Bonchev–Trinajstić information content (AvgIpc) is 3.20. The summed E-state index contributed by atoms with van der Waals surface area (Å²) in [5.74, 6) is 0.105. The van der Waals surface area contributed by atoms with Crippen molar-refractivity contribution < 1.29 is 9.59 Å². The van der Waals surface area contributed by atoms with Crippen LogP contribution in [0.2, 0.25) is 5.02 Å². The molecule has 0 atom stereocenters. The third-order valence-electron chi connectivity index (χ3n) is 7.64. The first-order valence-corrected chi connectivity index (χ1v) is 12.5. The average molecular weight is 471 g/mol. The smallest absolute Gasteiger partial charge is 0.161 e. The largest absolute Gasteiger partial charge is 0.351 e. The number of Topliss-reactive ketones (excluding diaryl/α,β-unsaturated/α-hetero) is 2. The lowest BCUT2D eigenvalue weighted by Gasteiger charge is -2.42. The molecule has 6 rings (SSSR count). The van der Waals surface area contributed by atoms with Gasteiger partial charge in [0.1, 0.15) is 0 Å². The zero-order chi connectivity index (χ0) is 23.4. The number of carbonyl (C=O) groups is 2. The van der Waals surface area contributed by atoms with Gasteiger partial charge < -0.3 is 9.47 Å². The van der Waals surface area contributed by atoms with Gasteiger partial charge in [-0.1, -0.05) is 41.9 Å². The van der Waals surface area contributed by atoms with E-state index in [0.717, 1.165) is 75.3 Å². The molecule has 4 nitrogen and oxygen atoms in total. The molecule has 2 aliphatic carbocycles. The molecule has 5 heteroatoms. The van der Waals surface area contributed by atoms with E-state index in [0.29, 0.717) is 19.4 Å². The quantitative estimate of drug-likeness (QED) is 0.445. The van der Waals surface area contributed by atoms with Crippen molar-refractivity contribution in [3.05, 3.63) is 93.4 Å². The van der Waals surface area contributed by atoms with Crippen LogP contribution < -0.4 is 0 Å². The van der Waals surface area contributed by atoms with E-state index in [1.165, 1.54) is 0 Å². The van der Waals surface area contributed by atoms with Crippen LogP contribution in [-0.2, 0) is 16.1 Å². The van der Waals surface area contributed by atoms with Gasteiger partial charge in [-0.15, -0.1) is 0 Å². The first-order valence-electron chi connectivity index (χ1n) is 12.1. The summed E-state index contributed by atoms with van der Waals surface area (Å²) in [6.07, 6.45) is 6.83. The monoisotopic (exact) mass is 470 g/mol. The molecule has 1 aromatic heterocycles. The first kappa shape index (κ1) is 21.4. The van der Waals surface area contributed by atoms with Crippen LogP contribution in [0.15, 0.2) is 77.3 Å². The van der Waals surface area contributed by atoms with Crippen molar-refractivity contribution in [2.45, 2.75) is 51.0 Å². The Morgan fingerprint density at radius 1 is 0.853 bits per heavy atom. The minimum atomic E-state index is -0.279. The molecule has 0 radical (unpaired) electrons. The molecule has 172 valence electrons. The minimum Gasteiger partial charge on any atom is -0.351 e. The van der Waals surface area contributed by atoms with Crippen LogP contribution in [0.1, 0.15) is 55.6 Å². The number of benzene rings is 2. The fourth-order valence-corrected chi connectivity index (χ4v) is 6.21. The SMILES string of the molecule is CN1C2=C(C(=O)CCC2)C(c2cn(Cc3ccc(Cl)cc3)c3ccccc23)C2=C1CCCC2=O. The maximum atomic E-state index is 13.4. The molecule has 2 heterocycles. The number of hydrogen-bond donors (Lipinski definition) is 0. The minimum absolute atomic E-state index is 0.192. The van der Waals surface area contributed by atoms with E-state index in [9.17, 15) is 9.59 Å². The molecule has 3 aliphatic rings. The molecule has 0 N–H and O–H groups in total. The van der Waals surface area contributed by atoms with Gasteiger partial charge in [-0.05, 0) is 55.0 Å². The number of hydrogen-bond acceptors (Lipinski definition) is 3. The molecule has 0 amide bonds. The molecule has 0 fully saturated rings. The Morgan fingerprint density at radius 3 is 2.12 bits per heavy atom. The van der Waals surface area contributed by atoms with Crippen molar-refractivity contribution >= 4 is 34.1 Å². The summed E-state index contributed by atoms with van der Waals surface area (Å²) >= 11 is 6.10. The predicted molar refractivity (Wildman–Crippen MR) is 135 cm³/mol. The Kier molecular flexibility index (Phi) is 5.22.